The van der Waals surface area contributed by atoms with Gasteiger partial charge in [-0.25, -0.2) is 9.78 Å². The molecule has 0 aliphatic heterocycles. The number of hydrogen-bond donors (Lipinski definition) is 2. The number of aromatic amines is 1. The Morgan fingerprint density at radius 3 is 2.82 bits per heavy atom. The number of aryl methyl sites for hydroxylation is 1. The second kappa shape index (κ2) is 4.42. The third-order valence-electron chi connectivity index (χ3n) is 2.24. The first kappa shape index (κ1) is 11.4. The van der Waals surface area contributed by atoms with Gasteiger partial charge in [0.1, 0.15) is 11.3 Å². The van der Waals surface area contributed by atoms with Crippen LogP contribution in [-0.2, 0) is 0 Å². The molecule has 0 radical (unpaired) electrons. The largest absolute Gasteiger partial charge is 0.478 e. The summed E-state index contributed by atoms with van der Waals surface area (Å²) >= 11 is 4.95. The Labute approximate surface area is 102 Å². The Kier molecular flexibility index (Phi) is 2.97. The number of H-pyrrole nitrogens is 1. The highest BCUT2D eigenvalue weighted by molar-refractivity contribution is 7.71. The number of nitrogens with zero attached hydrogens (tertiary/aromatic N) is 2. The molecule has 0 fully saturated rings. The van der Waals surface area contributed by atoms with E-state index in [0.717, 1.165) is 0 Å². The quantitative estimate of drug-likeness (QED) is 0.795. The van der Waals surface area contributed by atoms with Crippen LogP contribution in [0, 0.1) is 11.7 Å². The van der Waals surface area contributed by atoms with Crippen LogP contribution in [0.25, 0.3) is 11.4 Å². The van der Waals surface area contributed by atoms with Crippen LogP contribution >= 0.6 is 12.2 Å². The van der Waals surface area contributed by atoms with Gasteiger partial charge in [-0.3, -0.25) is 4.98 Å². The second-order valence-corrected chi connectivity index (χ2v) is 3.80. The van der Waals surface area contributed by atoms with E-state index in [1.165, 1.54) is 0 Å². The molecule has 2 rings (SSSR count). The maximum atomic E-state index is 11.2. The molecule has 0 bridgehead atoms. The molecule has 0 aliphatic carbocycles. The molecule has 5 nitrogen and oxygen atoms in total. The lowest BCUT2D eigenvalue weighted by molar-refractivity contribution is 0.0696. The zero-order valence-electron chi connectivity index (χ0n) is 8.97. The van der Waals surface area contributed by atoms with Crippen LogP contribution in [0.2, 0.25) is 0 Å². The van der Waals surface area contributed by atoms with Gasteiger partial charge < -0.3 is 10.1 Å². The van der Waals surface area contributed by atoms with Crippen molar-refractivity contribution >= 4 is 18.2 Å². The Morgan fingerprint density at radius 1 is 1.47 bits per heavy atom. The van der Waals surface area contributed by atoms with Crippen molar-refractivity contribution in [2.45, 2.75) is 6.92 Å². The SMILES string of the molecule is Cc1[nH]c(=S)nc(-c2ccccn2)c1C(=O)O. The summed E-state index contributed by atoms with van der Waals surface area (Å²) in [6, 6.07) is 5.22. The van der Waals surface area contributed by atoms with Gasteiger partial charge in [0.05, 0.1) is 5.69 Å². The fourth-order valence-corrected chi connectivity index (χ4v) is 1.78. The van der Waals surface area contributed by atoms with Crippen LogP contribution in [0.3, 0.4) is 0 Å². The van der Waals surface area contributed by atoms with Gasteiger partial charge in [0, 0.05) is 11.9 Å². The fraction of sp³-hybridized carbons (Fsp3) is 0.0909. The Bertz CT molecular complexity index is 622. The van der Waals surface area contributed by atoms with E-state index in [1.807, 2.05) is 0 Å². The number of hydrogen-bond acceptors (Lipinski definition) is 4. The Balaban J connectivity index is 2.77. The molecule has 0 spiro atoms. The average molecular weight is 247 g/mol. The lowest BCUT2D eigenvalue weighted by atomic mass is 10.1. The van der Waals surface area contributed by atoms with Crippen molar-refractivity contribution in [1.82, 2.24) is 15.0 Å². The zero-order chi connectivity index (χ0) is 12.4. The summed E-state index contributed by atoms with van der Waals surface area (Å²) in [5.74, 6) is -1.05. The van der Waals surface area contributed by atoms with Crippen LogP contribution in [0.1, 0.15) is 16.1 Å². The predicted molar refractivity (Wildman–Crippen MR) is 64.3 cm³/mol. The van der Waals surface area contributed by atoms with Crippen molar-refractivity contribution in [3.05, 3.63) is 40.4 Å². The van der Waals surface area contributed by atoms with Gasteiger partial charge in [-0.05, 0) is 31.3 Å². The maximum absolute atomic E-state index is 11.2. The Hall–Kier alpha value is -2.08. The molecule has 0 amide bonds. The molecule has 2 N–H and O–H groups in total. The smallest absolute Gasteiger partial charge is 0.339 e. The topological polar surface area (TPSA) is 78.9 Å². The minimum absolute atomic E-state index is 0.0947. The van der Waals surface area contributed by atoms with Crippen molar-refractivity contribution in [2.75, 3.05) is 0 Å². The van der Waals surface area contributed by atoms with Gasteiger partial charge in [0.2, 0.25) is 0 Å². The summed E-state index contributed by atoms with van der Waals surface area (Å²) in [5.41, 5.74) is 1.35. The fourth-order valence-electron chi connectivity index (χ4n) is 1.54. The summed E-state index contributed by atoms with van der Waals surface area (Å²) in [6.07, 6.45) is 1.58. The van der Waals surface area contributed by atoms with Crippen LogP contribution in [0.4, 0.5) is 0 Å². The first-order valence-electron chi connectivity index (χ1n) is 4.85. The average Bonchev–Trinajstić information content (AvgIpc) is 2.28. The minimum Gasteiger partial charge on any atom is -0.478 e. The van der Waals surface area contributed by atoms with Crippen LogP contribution in [0.15, 0.2) is 24.4 Å². The molecule has 0 aliphatic rings. The number of carboxylic acids is 1. The van der Waals surface area contributed by atoms with Gasteiger partial charge in [0.15, 0.2) is 4.77 Å². The van der Waals surface area contributed by atoms with Gasteiger partial charge in [-0.1, -0.05) is 6.07 Å². The van der Waals surface area contributed by atoms with Gasteiger partial charge >= 0.3 is 5.97 Å². The number of aromatic carboxylic acids is 1. The molecule has 2 aromatic heterocycles. The predicted octanol–water partition coefficient (Wildman–Crippen LogP) is 2.21. The van der Waals surface area contributed by atoms with E-state index in [1.54, 1.807) is 31.3 Å². The summed E-state index contributed by atoms with van der Waals surface area (Å²) < 4.78 is 0.244. The van der Waals surface area contributed by atoms with E-state index in [9.17, 15) is 9.90 Å². The highest BCUT2D eigenvalue weighted by Gasteiger charge is 2.17. The van der Waals surface area contributed by atoms with E-state index in [-0.39, 0.29) is 10.3 Å². The molecular formula is C11H9N3O2S. The molecule has 0 saturated heterocycles. The van der Waals surface area contributed by atoms with E-state index in [0.29, 0.717) is 17.1 Å². The lowest BCUT2D eigenvalue weighted by Gasteiger charge is -2.07. The second-order valence-electron chi connectivity index (χ2n) is 3.41. The molecule has 0 atom stereocenters. The molecular weight excluding hydrogens is 238 g/mol. The summed E-state index contributed by atoms with van der Waals surface area (Å²) in [6.45, 7) is 1.65. The standard InChI is InChI=1S/C11H9N3O2S/c1-6-8(10(15)16)9(14-11(17)13-6)7-4-2-3-5-12-7/h2-5H,1H3,(H,15,16)(H,13,14,17). The van der Waals surface area contributed by atoms with Crippen molar-refractivity contribution in [1.29, 1.82) is 0 Å². The molecule has 17 heavy (non-hydrogen) atoms. The number of carboxylic acid groups (broad SMARTS) is 1. The molecule has 0 unspecified atom stereocenters. The first-order valence-corrected chi connectivity index (χ1v) is 5.26. The molecule has 2 aromatic rings. The van der Waals surface area contributed by atoms with Crippen molar-refractivity contribution in [3.8, 4) is 11.4 Å². The normalized spacial score (nSPS) is 10.2. The maximum Gasteiger partial charge on any atom is 0.339 e. The highest BCUT2D eigenvalue weighted by Crippen LogP contribution is 2.20. The van der Waals surface area contributed by atoms with Crippen molar-refractivity contribution < 1.29 is 9.90 Å². The number of nitrogens with one attached hydrogen (secondary N) is 1. The van der Waals surface area contributed by atoms with Gasteiger partial charge in [-0.2, -0.15) is 0 Å². The van der Waals surface area contributed by atoms with Crippen molar-refractivity contribution in [3.63, 3.8) is 0 Å². The molecule has 6 heteroatoms. The number of aromatic nitrogens is 3. The summed E-state index contributed by atoms with van der Waals surface area (Å²) in [5, 5.41) is 9.18. The molecule has 0 saturated carbocycles. The molecule has 0 aromatic carbocycles. The highest BCUT2D eigenvalue weighted by atomic mass is 32.1. The van der Waals surface area contributed by atoms with Gasteiger partial charge in [-0.15, -0.1) is 0 Å². The monoisotopic (exact) mass is 247 g/mol. The Morgan fingerprint density at radius 2 is 2.24 bits per heavy atom. The van der Waals surface area contributed by atoms with E-state index < -0.39 is 5.97 Å². The lowest BCUT2D eigenvalue weighted by Crippen LogP contribution is -2.07. The van der Waals surface area contributed by atoms with Gasteiger partial charge in [0.25, 0.3) is 0 Å². The van der Waals surface area contributed by atoms with Crippen LogP contribution in [0.5, 0.6) is 0 Å². The number of carbonyl (C=O) groups is 1. The van der Waals surface area contributed by atoms with Crippen LogP contribution in [-0.4, -0.2) is 26.0 Å². The number of pyridine rings is 1. The van der Waals surface area contributed by atoms with E-state index >= 15 is 0 Å². The van der Waals surface area contributed by atoms with Crippen LogP contribution < -0.4 is 0 Å². The zero-order valence-corrected chi connectivity index (χ0v) is 9.78. The van der Waals surface area contributed by atoms with E-state index in [2.05, 4.69) is 15.0 Å². The summed E-state index contributed by atoms with van der Waals surface area (Å²) in [7, 11) is 0. The third-order valence-corrected chi connectivity index (χ3v) is 2.43. The van der Waals surface area contributed by atoms with E-state index in [4.69, 9.17) is 12.2 Å². The molecule has 86 valence electrons. The molecule has 2 heterocycles. The minimum atomic E-state index is -1.05. The summed E-state index contributed by atoms with van der Waals surface area (Å²) in [4.78, 5) is 22.1. The number of rotatable bonds is 2. The van der Waals surface area contributed by atoms with Crippen molar-refractivity contribution in [2.24, 2.45) is 0 Å². The third kappa shape index (κ3) is 2.21. The first-order chi connectivity index (χ1) is 8.09.